The lowest BCUT2D eigenvalue weighted by Gasteiger charge is -2.26. The largest absolute Gasteiger partial charge is 0.484 e. The highest BCUT2D eigenvalue weighted by Crippen LogP contribution is 2.32. The number of amides is 1. The molecule has 0 aliphatic heterocycles. The van der Waals surface area contributed by atoms with E-state index >= 15 is 0 Å². The number of carbonyl (C=O) groups excluding carboxylic acids is 1. The number of nitrogens with one attached hydrogen (secondary N) is 1. The molecule has 0 aliphatic carbocycles. The zero-order valence-corrected chi connectivity index (χ0v) is 17.3. The van der Waals surface area contributed by atoms with Crippen LogP contribution in [0.25, 0.3) is 0 Å². The molecule has 3 aromatic rings. The fourth-order valence-electron chi connectivity index (χ4n) is 2.92. The van der Waals surface area contributed by atoms with Crippen LogP contribution >= 0.6 is 15.9 Å². The summed E-state index contributed by atoms with van der Waals surface area (Å²) in [6.45, 7) is 4.13. The van der Waals surface area contributed by atoms with Gasteiger partial charge in [-0.3, -0.25) is 4.79 Å². The molecule has 0 heterocycles. The van der Waals surface area contributed by atoms with Crippen LogP contribution in [0.2, 0.25) is 0 Å². The van der Waals surface area contributed by atoms with Crippen molar-refractivity contribution in [2.45, 2.75) is 19.3 Å². The highest BCUT2D eigenvalue weighted by atomic mass is 79.9. The van der Waals surface area contributed by atoms with Gasteiger partial charge in [-0.2, -0.15) is 0 Å². The monoisotopic (exact) mass is 441 g/mol. The molecule has 0 saturated heterocycles. The fourth-order valence-corrected chi connectivity index (χ4v) is 3.25. The van der Waals surface area contributed by atoms with E-state index in [4.69, 9.17) is 4.74 Å². The number of benzene rings is 3. The Bertz CT molecular complexity index is 956. The van der Waals surface area contributed by atoms with Crippen LogP contribution in [-0.2, 0) is 10.2 Å². The highest BCUT2D eigenvalue weighted by molar-refractivity contribution is 9.10. The Balaban J connectivity index is 1.61. The van der Waals surface area contributed by atoms with E-state index in [0.717, 1.165) is 5.56 Å². The van der Waals surface area contributed by atoms with Crippen LogP contribution in [0.5, 0.6) is 5.75 Å². The highest BCUT2D eigenvalue weighted by Gasteiger charge is 2.22. The second kappa shape index (κ2) is 8.57. The van der Waals surface area contributed by atoms with Gasteiger partial charge in [-0.1, -0.05) is 72.2 Å². The van der Waals surface area contributed by atoms with Crippen molar-refractivity contribution in [2.75, 3.05) is 11.9 Å². The molecule has 3 aromatic carbocycles. The van der Waals surface area contributed by atoms with Gasteiger partial charge in [0.15, 0.2) is 6.61 Å². The predicted molar refractivity (Wildman–Crippen MR) is 113 cm³/mol. The van der Waals surface area contributed by atoms with Crippen LogP contribution in [0.4, 0.5) is 10.1 Å². The van der Waals surface area contributed by atoms with Crippen LogP contribution in [0.1, 0.15) is 25.0 Å². The lowest BCUT2D eigenvalue weighted by Crippen LogP contribution is -2.21. The maximum atomic E-state index is 13.8. The molecule has 0 spiro atoms. The van der Waals surface area contributed by atoms with Gasteiger partial charge in [-0.15, -0.1) is 0 Å². The smallest absolute Gasteiger partial charge is 0.262 e. The summed E-state index contributed by atoms with van der Waals surface area (Å²) in [6.07, 6.45) is 0. The Hall–Kier alpha value is -2.66. The van der Waals surface area contributed by atoms with Gasteiger partial charge in [0.25, 0.3) is 5.91 Å². The summed E-state index contributed by atoms with van der Waals surface area (Å²) >= 11 is 3.18. The molecule has 1 amide bonds. The van der Waals surface area contributed by atoms with Gasteiger partial charge in [0.05, 0.1) is 5.69 Å². The van der Waals surface area contributed by atoms with Crippen molar-refractivity contribution in [3.63, 3.8) is 0 Å². The van der Waals surface area contributed by atoms with Crippen molar-refractivity contribution < 1.29 is 13.9 Å². The molecule has 1 N–H and O–H groups in total. The first-order valence-corrected chi connectivity index (χ1v) is 9.69. The maximum Gasteiger partial charge on any atom is 0.262 e. The van der Waals surface area contributed by atoms with Gasteiger partial charge < -0.3 is 10.1 Å². The third kappa shape index (κ3) is 4.78. The molecule has 28 heavy (non-hydrogen) atoms. The molecule has 0 aromatic heterocycles. The first kappa shape index (κ1) is 20.1. The Kier molecular flexibility index (Phi) is 6.15. The number of rotatable bonds is 6. The second-order valence-corrected chi connectivity index (χ2v) is 7.89. The van der Waals surface area contributed by atoms with Crippen molar-refractivity contribution in [3.8, 4) is 5.75 Å². The summed E-state index contributed by atoms with van der Waals surface area (Å²) in [4.78, 5) is 12.0. The topological polar surface area (TPSA) is 38.3 Å². The summed E-state index contributed by atoms with van der Waals surface area (Å²) in [5.74, 6) is -0.343. The number of halogens is 2. The quantitative estimate of drug-likeness (QED) is 0.514. The van der Waals surface area contributed by atoms with Crippen molar-refractivity contribution >= 4 is 27.5 Å². The standard InChI is InChI=1S/C23H21BrFNO2/c1-23(2,16-6-4-3-5-7-16)17-8-11-19(12-9-17)28-15-22(27)26-21-13-10-18(24)14-20(21)25/h3-14H,15H2,1-2H3,(H,26,27). The molecule has 0 unspecified atom stereocenters. The van der Waals surface area contributed by atoms with Crippen LogP contribution in [0.3, 0.4) is 0 Å². The minimum Gasteiger partial charge on any atom is -0.484 e. The predicted octanol–water partition coefficient (Wildman–Crippen LogP) is 5.93. The zero-order valence-electron chi connectivity index (χ0n) is 15.7. The molecule has 0 aliphatic rings. The average Bonchev–Trinajstić information content (AvgIpc) is 2.69. The summed E-state index contributed by atoms with van der Waals surface area (Å²) in [5, 5.41) is 2.51. The van der Waals surface area contributed by atoms with E-state index in [1.165, 1.54) is 17.7 Å². The third-order valence-electron chi connectivity index (χ3n) is 4.65. The van der Waals surface area contributed by atoms with E-state index < -0.39 is 11.7 Å². The lowest BCUT2D eigenvalue weighted by atomic mass is 9.78. The van der Waals surface area contributed by atoms with Crippen LogP contribution in [0.15, 0.2) is 77.3 Å². The molecule has 0 saturated carbocycles. The third-order valence-corrected chi connectivity index (χ3v) is 5.14. The van der Waals surface area contributed by atoms with Crippen LogP contribution in [-0.4, -0.2) is 12.5 Å². The Morgan fingerprint density at radius 3 is 2.29 bits per heavy atom. The number of carbonyl (C=O) groups is 1. The molecule has 0 radical (unpaired) electrons. The molecule has 5 heteroatoms. The van der Waals surface area contributed by atoms with E-state index in [9.17, 15) is 9.18 Å². The summed E-state index contributed by atoms with van der Waals surface area (Å²) in [6, 6.07) is 22.4. The number of ether oxygens (including phenoxy) is 1. The van der Waals surface area contributed by atoms with Crippen molar-refractivity contribution in [1.82, 2.24) is 0 Å². The van der Waals surface area contributed by atoms with Gasteiger partial charge in [-0.05, 0) is 41.5 Å². The first-order valence-electron chi connectivity index (χ1n) is 8.90. The van der Waals surface area contributed by atoms with E-state index in [1.54, 1.807) is 6.07 Å². The van der Waals surface area contributed by atoms with E-state index in [2.05, 4.69) is 47.2 Å². The van der Waals surface area contributed by atoms with Crippen LogP contribution < -0.4 is 10.1 Å². The molecular formula is C23H21BrFNO2. The molecule has 3 rings (SSSR count). The molecule has 0 atom stereocenters. The van der Waals surface area contributed by atoms with Crippen molar-refractivity contribution in [1.29, 1.82) is 0 Å². The normalized spacial score (nSPS) is 11.1. The van der Waals surface area contributed by atoms with Gasteiger partial charge in [0.2, 0.25) is 0 Å². The maximum absolute atomic E-state index is 13.8. The van der Waals surface area contributed by atoms with Gasteiger partial charge in [0.1, 0.15) is 11.6 Å². The van der Waals surface area contributed by atoms with E-state index in [-0.39, 0.29) is 17.7 Å². The zero-order chi connectivity index (χ0) is 20.1. The lowest BCUT2D eigenvalue weighted by molar-refractivity contribution is -0.118. The van der Waals surface area contributed by atoms with Crippen LogP contribution in [0, 0.1) is 5.82 Å². The fraction of sp³-hybridized carbons (Fsp3) is 0.174. The molecular weight excluding hydrogens is 421 g/mol. The average molecular weight is 442 g/mol. The minimum atomic E-state index is -0.504. The summed E-state index contributed by atoms with van der Waals surface area (Å²) in [5.41, 5.74) is 2.35. The first-order chi connectivity index (χ1) is 13.4. The number of anilines is 1. The Morgan fingerprint density at radius 1 is 1.00 bits per heavy atom. The van der Waals surface area contributed by atoms with E-state index in [1.807, 2.05) is 42.5 Å². The summed E-state index contributed by atoms with van der Waals surface area (Å²) < 4.78 is 19.9. The van der Waals surface area contributed by atoms with E-state index in [0.29, 0.717) is 10.2 Å². The molecule has 3 nitrogen and oxygen atoms in total. The number of hydrogen-bond acceptors (Lipinski definition) is 2. The molecule has 0 fully saturated rings. The van der Waals surface area contributed by atoms with Gasteiger partial charge in [-0.25, -0.2) is 4.39 Å². The number of hydrogen-bond donors (Lipinski definition) is 1. The van der Waals surface area contributed by atoms with Gasteiger partial charge >= 0.3 is 0 Å². The Labute approximate surface area is 172 Å². The molecule has 144 valence electrons. The summed E-state index contributed by atoms with van der Waals surface area (Å²) in [7, 11) is 0. The van der Waals surface area contributed by atoms with Crippen molar-refractivity contribution in [3.05, 3.63) is 94.2 Å². The Morgan fingerprint density at radius 2 is 1.64 bits per heavy atom. The van der Waals surface area contributed by atoms with Crippen molar-refractivity contribution in [2.24, 2.45) is 0 Å². The molecule has 0 bridgehead atoms. The second-order valence-electron chi connectivity index (χ2n) is 6.98. The van der Waals surface area contributed by atoms with Gasteiger partial charge in [0, 0.05) is 9.89 Å². The SMILES string of the molecule is CC(C)(c1ccccc1)c1ccc(OCC(=O)Nc2ccc(Br)cc2F)cc1. The minimum absolute atomic E-state index is 0.122.